The molecule has 1 amide bonds. The van der Waals surface area contributed by atoms with Crippen LogP contribution in [0.2, 0.25) is 0 Å². The topological polar surface area (TPSA) is 50.6 Å². The van der Waals surface area contributed by atoms with Crippen molar-refractivity contribution < 1.29 is 9.53 Å². The molecule has 0 atom stereocenters. The zero-order chi connectivity index (χ0) is 15.6. The van der Waals surface area contributed by atoms with Crippen LogP contribution < -0.4 is 0 Å². The Balaban J connectivity index is 2.04. The van der Waals surface area contributed by atoms with Gasteiger partial charge < -0.3 is 19.1 Å². The molecule has 1 aromatic rings. The molecular formula is C15H26N4O2. The lowest BCUT2D eigenvalue weighted by Crippen LogP contribution is -2.38. The molecule has 1 aliphatic rings. The minimum Gasteiger partial charge on any atom is -0.444 e. The molecule has 0 bridgehead atoms. The van der Waals surface area contributed by atoms with Crippen molar-refractivity contribution in [3.05, 3.63) is 17.7 Å². The average molecular weight is 294 g/mol. The van der Waals surface area contributed by atoms with Gasteiger partial charge in [0.15, 0.2) is 0 Å². The monoisotopic (exact) mass is 294 g/mol. The van der Waals surface area contributed by atoms with E-state index in [2.05, 4.69) is 14.5 Å². The van der Waals surface area contributed by atoms with E-state index in [4.69, 9.17) is 4.74 Å². The van der Waals surface area contributed by atoms with E-state index in [1.54, 1.807) is 4.90 Å². The molecule has 0 N–H and O–H groups in total. The molecule has 118 valence electrons. The Labute approximate surface area is 126 Å². The maximum atomic E-state index is 12.2. The van der Waals surface area contributed by atoms with Gasteiger partial charge in [-0.05, 0) is 34.9 Å². The van der Waals surface area contributed by atoms with Crippen molar-refractivity contribution in [2.75, 3.05) is 27.2 Å². The van der Waals surface area contributed by atoms with Crippen molar-refractivity contribution in [2.45, 2.75) is 45.9 Å². The Morgan fingerprint density at radius 1 is 1.33 bits per heavy atom. The summed E-state index contributed by atoms with van der Waals surface area (Å²) in [6, 6.07) is 0. The molecule has 2 rings (SSSR count). The smallest absolute Gasteiger partial charge is 0.410 e. The lowest BCUT2D eigenvalue weighted by Gasteiger charge is -2.26. The Hall–Kier alpha value is -1.56. The van der Waals surface area contributed by atoms with E-state index < -0.39 is 5.60 Å². The van der Waals surface area contributed by atoms with Gasteiger partial charge in [0.2, 0.25) is 0 Å². The van der Waals surface area contributed by atoms with Crippen LogP contribution in [0, 0.1) is 0 Å². The number of carbonyl (C=O) groups is 1. The summed E-state index contributed by atoms with van der Waals surface area (Å²) in [5, 5.41) is 0. The fourth-order valence-electron chi connectivity index (χ4n) is 2.45. The SMILES string of the molecule is CN(C)Cc1cnc2n1CCN(C(=O)OC(C)(C)C)CC2. The first-order valence-electron chi connectivity index (χ1n) is 7.42. The van der Waals surface area contributed by atoms with Gasteiger partial charge in [-0.15, -0.1) is 0 Å². The van der Waals surface area contributed by atoms with E-state index in [1.165, 1.54) is 5.69 Å². The highest BCUT2D eigenvalue weighted by atomic mass is 16.6. The van der Waals surface area contributed by atoms with Gasteiger partial charge in [-0.1, -0.05) is 0 Å². The minimum absolute atomic E-state index is 0.234. The number of aromatic nitrogens is 2. The zero-order valence-corrected chi connectivity index (χ0v) is 13.7. The van der Waals surface area contributed by atoms with Crippen molar-refractivity contribution in [3.8, 4) is 0 Å². The van der Waals surface area contributed by atoms with Gasteiger partial charge in [-0.3, -0.25) is 0 Å². The Morgan fingerprint density at radius 2 is 2.05 bits per heavy atom. The Morgan fingerprint density at radius 3 is 2.67 bits per heavy atom. The van der Waals surface area contributed by atoms with Crippen molar-refractivity contribution in [2.24, 2.45) is 0 Å². The fraction of sp³-hybridized carbons (Fsp3) is 0.733. The van der Waals surface area contributed by atoms with Crippen molar-refractivity contribution >= 4 is 6.09 Å². The molecule has 0 saturated carbocycles. The molecule has 2 heterocycles. The number of hydrogen-bond acceptors (Lipinski definition) is 4. The predicted molar refractivity (Wildman–Crippen MR) is 81.1 cm³/mol. The van der Waals surface area contributed by atoms with Crippen molar-refractivity contribution in [1.82, 2.24) is 19.4 Å². The maximum Gasteiger partial charge on any atom is 0.410 e. The summed E-state index contributed by atoms with van der Waals surface area (Å²) >= 11 is 0. The van der Waals surface area contributed by atoms with Gasteiger partial charge in [-0.2, -0.15) is 0 Å². The van der Waals surface area contributed by atoms with Crippen LogP contribution in [-0.2, 0) is 24.2 Å². The number of hydrogen-bond donors (Lipinski definition) is 0. The molecule has 0 saturated heterocycles. The van der Waals surface area contributed by atoms with E-state index in [0.717, 1.165) is 25.3 Å². The molecule has 0 aromatic carbocycles. The highest BCUT2D eigenvalue weighted by molar-refractivity contribution is 5.68. The van der Waals surface area contributed by atoms with Crippen molar-refractivity contribution in [1.29, 1.82) is 0 Å². The molecule has 21 heavy (non-hydrogen) atoms. The molecule has 6 nitrogen and oxygen atoms in total. The highest BCUT2D eigenvalue weighted by Gasteiger charge is 2.25. The van der Waals surface area contributed by atoms with Crippen LogP contribution >= 0.6 is 0 Å². The van der Waals surface area contributed by atoms with E-state index in [1.807, 2.05) is 41.1 Å². The van der Waals surface area contributed by atoms with Crippen LogP contribution in [0.1, 0.15) is 32.3 Å². The lowest BCUT2D eigenvalue weighted by molar-refractivity contribution is 0.0254. The first kappa shape index (κ1) is 15.8. The summed E-state index contributed by atoms with van der Waals surface area (Å²) in [4.78, 5) is 20.6. The number of amides is 1. The summed E-state index contributed by atoms with van der Waals surface area (Å²) in [5.74, 6) is 1.05. The van der Waals surface area contributed by atoms with Crippen LogP contribution in [0.3, 0.4) is 0 Å². The van der Waals surface area contributed by atoms with Gasteiger partial charge in [-0.25, -0.2) is 9.78 Å². The number of ether oxygens (including phenoxy) is 1. The first-order chi connectivity index (χ1) is 9.76. The van der Waals surface area contributed by atoms with Gasteiger partial charge in [0, 0.05) is 38.8 Å². The average Bonchev–Trinajstić information content (AvgIpc) is 2.57. The van der Waals surface area contributed by atoms with Gasteiger partial charge in [0.1, 0.15) is 11.4 Å². The molecule has 0 radical (unpaired) electrons. The van der Waals surface area contributed by atoms with Crippen LogP contribution in [0.25, 0.3) is 0 Å². The molecule has 0 unspecified atom stereocenters. The summed E-state index contributed by atoms with van der Waals surface area (Å²) in [6.07, 6.45) is 2.48. The van der Waals surface area contributed by atoms with Crippen LogP contribution in [0.4, 0.5) is 4.79 Å². The lowest BCUT2D eigenvalue weighted by atomic mass is 10.2. The van der Waals surface area contributed by atoms with Crippen LogP contribution in [-0.4, -0.2) is 58.2 Å². The quantitative estimate of drug-likeness (QED) is 0.833. The second-order valence-corrected chi connectivity index (χ2v) is 6.77. The largest absolute Gasteiger partial charge is 0.444 e. The number of nitrogens with zero attached hydrogens (tertiary/aromatic N) is 4. The van der Waals surface area contributed by atoms with E-state index >= 15 is 0 Å². The second-order valence-electron chi connectivity index (χ2n) is 6.77. The van der Waals surface area contributed by atoms with E-state index in [0.29, 0.717) is 13.1 Å². The fourth-order valence-corrected chi connectivity index (χ4v) is 2.45. The van der Waals surface area contributed by atoms with Crippen LogP contribution in [0.15, 0.2) is 6.20 Å². The number of rotatable bonds is 2. The second kappa shape index (κ2) is 6.05. The zero-order valence-electron chi connectivity index (χ0n) is 13.7. The molecule has 1 aromatic heterocycles. The summed E-state index contributed by atoms with van der Waals surface area (Å²) in [7, 11) is 4.09. The normalized spacial score (nSPS) is 15.8. The van der Waals surface area contributed by atoms with E-state index in [-0.39, 0.29) is 6.09 Å². The molecule has 6 heteroatoms. The Kier molecular flexibility index (Phi) is 4.56. The summed E-state index contributed by atoms with van der Waals surface area (Å²) < 4.78 is 7.68. The third kappa shape index (κ3) is 4.20. The first-order valence-corrected chi connectivity index (χ1v) is 7.42. The molecule has 0 fully saturated rings. The number of carbonyl (C=O) groups excluding carboxylic acids is 1. The molecule has 1 aliphatic heterocycles. The molecule has 0 aliphatic carbocycles. The minimum atomic E-state index is -0.451. The Bertz CT molecular complexity index is 502. The third-order valence-corrected chi connectivity index (χ3v) is 3.35. The maximum absolute atomic E-state index is 12.2. The third-order valence-electron chi connectivity index (χ3n) is 3.35. The van der Waals surface area contributed by atoms with Crippen LogP contribution in [0.5, 0.6) is 0 Å². The molecule has 0 spiro atoms. The highest BCUT2D eigenvalue weighted by Crippen LogP contribution is 2.15. The summed E-state index contributed by atoms with van der Waals surface area (Å²) in [5.41, 5.74) is 0.744. The predicted octanol–water partition coefficient (Wildman–Crippen LogP) is 1.74. The van der Waals surface area contributed by atoms with Gasteiger partial charge in [0.25, 0.3) is 0 Å². The van der Waals surface area contributed by atoms with Crippen molar-refractivity contribution in [3.63, 3.8) is 0 Å². The van der Waals surface area contributed by atoms with Gasteiger partial charge >= 0.3 is 6.09 Å². The van der Waals surface area contributed by atoms with Gasteiger partial charge in [0.05, 0.1) is 5.69 Å². The standard InChI is InChI=1S/C15H26N4O2/c1-15(2,3)21-14(20)18-7-6-13-16-10-12(11-17(4)5)19(13)9-8-18/h10H,6-9,11H2,1-5H3. The number of fused-ring (bicyclic) bond motifs is 1. The number of imidazole rings is 1. The summed E-state index contributed by atoms with van der Waals surface area (Å²) in [6.45, 7) is 8.64. The van der Waals surface area contributed by atoms with E-state index in [9.17, 15) is 4.79 Å². The molecular weight excluding hydrogens is 268 g/mol.